The molecular formula is C19H23NO3S. The van der Waals surface area contributed by atoms with Gasteiger partial charge in [-0.3, -0.25) is 9.59 Å². The molecule has 0 fully saturated rings. The summed E-state index contributed by atoms with van der Waals surface area (Å²) in [5.74, 6) is -0.412. The molecule has 0 bridgehead atoms. The van der Waals surface area contributed by atoms with Crippen LogP contribution in [0, 0.1) is 6.92 Å². The lowest BCUT2D eigenvalue weighted by atomic mass is 10.00. The maximum atomic E-state index is 12.9. The predicted octanol–water partition coefficient (Wildman–Crippen LogP) is 4.31. The van der Waals surface area contributed by atoms with E-state index in [-0.39, 0.29) is 23.8 Å². The molecule has 1 aliphatic heterocycles. The Bertz CT molecular complexity index is 757. The third-order valence-electron chi connectivity index (χ3n) is 4.43. The Hall–Kier alpha value is -1.88. The molecule has 0 saturated heterocycles. The molecule has 2 aromatic heterocycles. The Morgan fingerprint density at radius 2 is 2.04 bits per heavy atom. The number of hydrogen-bond donors (Lipinski definition) is 0. The fourth-order valence-electron chi connectivity index (χ4n) is 3.28. The van der Waals surface area contributed by atoms with Gasteiger partial charge in [-0.15, -0.1) is 11.3 Å². The van der Waals surface area contributed by atoms with Gasteiger partial charge in [0, 0.05) is 12.2 Å². The number of ether oxygens (including phenoxy) is 1. The Kier molecular flexibility index (Phi) is 4.90. The van der Waals surface area contributed by atoms with Crippen LogP contribution in [-0.4, -0.2) is 22.4 Å². The van der Waals surface area contributed by atoms with Gasteiger partial charge in [-0.2, -0.15) is 0 Å². The van der Waals surface area contributed by atoms with Gasteiger partial charge in [0.05, 0.1) is 22.6 Å². The zero-order valence-corrected chi connectivity index (χ0v) is 15.2. The summed E-state index contributed by atoms with van der Waals surface area (Å²) < 4.78 is 7.46. The summed E-state index contributed by atoms with van der Waals surface area (Å²) in [6.07, 6.45) is 2.59. The topological polar surface area (TPSA) is 48.3 Å². The molecule has 4 nitrogen and oxygen atoms in total. The van der Waals surface area contributed by atoms with E-state index in [0.717, 1.165) is 41.9 Å². The average Bonchev–Trinajstić information content (AvgIpc) is 3.07. The van der Waals surface area contributed by atoms with Crippen molar-refractivity contribution in [2.24, 2.45) is 0 Å². The minimum absolute atomic E-state index is 0.0478. The molecule has 2 aromatic rings. The first-order valence-electron chi connectivity index (χ1n) is 8.47. The van der Waals surface area contributed by atoms with Crippen LogP contribution >= 0.6 is 11.3 Å². The van der Waals surface area contributed by atoms with E-state index in [9.17, 15) is 9.59 Å². The van der Waals surface area contributed by atoms with Crippen molar-refractivity contribution in [2.45, 2.75) is 58.6 Å². The lowest BCUT2D eigenvalue weighted by Gasteiger charge is -2.17. The second-order valence-electron chi connectivity index (χ2n) is 6.59. The second kappa shape index (κ2) is 6.93. The number of carbonyl (C=O) groups excluding carboxylic acids is 2. The van der Waals surface area contributed by atoms with E-state index in [4.69, 9.17) is 4.74 Å². The molecule has 0 saturated carbocycles. The van der Waals surface area contributed by atoms with Crippen molar-refractivity contribution < 1.29 is 14.3 Å². The first-order chi connectivity index (χ1) is 11.5. The average molecular weight is 345 g/mol. The van der Waals surface area contributed by atoms with Gasteiger partial charge < -0.3 is 9.30 Å². The van der Waals surface area contributed by atoms with Crippen molar-refractivity contribution >= 4 is 23.1 Å². The minimum atomic E-state index is -0.277. The van der Waals surface area contributed by atoms with Crippen LogP contribution in [0.5, 0.6) is 0 Å². The predicted molar refractivity (Wildman–Crippen MR) is 94.7 cm³/mol. The first kappa shape index (κ1) is 17.0. The summed E-state index contributed by atoms with van der Waals surface area (Å²) in [4.78, 5) is 26.1. The van der Waals surface area contributed by atoms with Crippen molar-refractivity contribution in [1.82, 2.24) is 4.57 Å². The molecule has 3 heterocycles. The minimum Gasteiger partial charge on any atom is -0.462 e. The number of esters is 1. The van der Waals surface area contributed by atoms with E-state index < -0.39 is 0 Å². The Morgan fingerprint density at radius 3 is 2.71 bits per heavy atom. The molecule has 0 aliphatic carbocycles. The highest BCUT2D eigenvalue weighted by atomic mass is 32.1. The molecule has 3 rings (SSSR count). The fourth-order valence-corrected chi connectivity index (χ4v) is 4.15. The van der Waals surface area contributed by atoms with E-state index in [0.29, 0.717) is 5.69 Å². The van der Waals surface area contributed by atoms with Crippen LogP contribution in [0.3, 0.4) is 0 Å². The molecule has 0 N–H and O–H groups in total. The number of thiophene rings is 1. The van der Waals surface area contributed by atoms with Crippen LogP contribution in [-0.2, 0) is 16.1 Å². The Balaban J connectivity index is 1.96. The van der Waals surface area contributed by atoms with E-state index >= 15 is 0 Å². The van der Waals surface area contributed by atoms with Crippen molar-refractivity contribution in [2.75, 3.05) is 0 Å². The maximum Gasteiger partial charge on any atom is 0.315 e. The maximum absolute atomic E-state index is 12.9. The molecule has 0 amide bonds. The third-order valence-corrected chi connectivity index (χ3v) is 5.45. The van der Waals surface area contributed by atoms with Gasteiger partial charge in [0.15, 0.2) is 0 Å². The Labute approximate surface area is 146 Å². The summed E-state index contributed by atoms with van der Waals surface area (Å²) in [6.45, 7) is 6.46. The van der Waals surface area contributed by atoms with Crippen LogP contribution in [0.4, 0.5) is 0 Å². The second-order valence-corrected chi connectivity index (χ2v) is 7.51. The molecule has 1 aliphatic rings. The number of hydrogen-bond acceptors (Lipinski definition) is 4. The fraction of sp³-hybridized carbons (Fsp3) is 0.474. The number of carbonyl (C=O) groups is 2. The van der Waals surface area contributed by atoms with Gasteiger partial charge in [-0.1, -0.05) is 6.42 Å². The number of aromatic nitrogens is 1. The highest BCUT2D eigenvalue weighted by Crippen LogP contribution is 2.31. The summed E-state index contributed by atoms with van der Waals surface area (Å²) >= 11 is 1.47. The van der Waals surface area contributed by atoms with Crippen LogP contribution in [0.15, 0.2) is 23.6 Å². The molecule has 1 unspecified atom stereocenters. The quantitative estimate of drug-likeness (QED) is 0.613. The molecule has 128 valence electrons. The number of rotatable bonds is 4. The molecule has 0 radical (unpaired) electrons. The van der Waals surface area contributed by atoms with Gasteiger partial charge in [0.2, 0.25) is 5.78 Å². The zero-order valence-electron chi connectivity index (χ0n) is 14.4. The van der Waals surface area contributed by atoms with E-state index in [1.807, 2.05) is 48.9 Å². The standard InChI is InChI=1S/C19H23NO3S/c1-12(2)23-19(22)14-6-4-5-10-20-15(14)7-8-16(20)17(21)18-13(3)9-11-24-18/h7-9,11-12,14H,4-6,10H2,1-3H3. The number of nitrogens with zero attached hydrogens (tertiary/aromatic N) is 1. The van der Waals surface area contributed by atoms with Crippen molar-refractivity contribution in [1.29, 1.82) is 0 Å². The number of fused-ring (bicyclic) bond motifs is 1. The zero-order chi connectivity index (χ0) is 17.3. The molecular weight excluding hydrogens is 322 g/mol. The monoisotopic (exact) mass is 345 g/mol. The summed E-state index contributed by atoms with van der Waals surface area (Å²) in [5.41, 5.74) is 2.60. The molecule has 24 heavy (non-hydrogen) atoms. The van der Waals surface area contributed by atoms with Crippen molar-refractivity contribution in [3.8, 4) is 0 Å². The van der Waals surface area contributed by atoms with Gasteiger partial charge in [0.25, 0.3) is 0 Å². The molecule has 1 atom stereocenters. The van der Waals surface area contributed by atoms with E-state index in [2.05, 4.69) is 0 Å². The number of ketones is 1. The van der Waals surface area contributed by atoms with Gasteiger partial charge in [0.1, 0.15) is 0 Å². The molecule has 5 heteroatoms. The normalized spacial score (nSPS) is 17.4. The van der Waals surface area contributed by atoms with Crippen molar-refractivity contribution in [3.63, 3.8) is 0 Å². The SMILES string of the molecule is Cc1ccsc1C(=O)c1ccc2n1CCCCC2C(=O)OC(C)C. The lowest BCUT2D eigenvalue weighted by Crippen LogP contribution is -2.21. The van der Waals surface area contributed by atoms with Gasteiger partial charge >= 0.3 is 5.97 Å². The highest BCUT2D eigenvalue weighted by Gasteiger charge is 2.30. The van der Waals surface area contributed by atoms with Crippen LogP contribution in [0.2, 0.25) is 0 Å². The lowest BCUT2D eigenvalue weighted by molar-refractivity contribution is -0.149. The van der Waals surface area contributed by atoms with E-state index in [1.54, 1.807) is 0 Å². The van der Waals surface area contributed by atoms with Gasteiger partial charge in [-0.25, -0.2) is 0 Å². The highest BCUT2D eigenvalue weighted by molar-refractivity contribution is 7.12. The Morgan fingerprint density at radius 1 is 1.25 bits per heavy atom. The largest absolute Gasteiger partial charge is 0.462 e. The molecule has 0 spiro atoms. The van der Waals surface area contributed by atoms with Gasteiger partial charge in [-0.05, 0) is 62.8 Å². The van der Waals surface area contributed by atoms with Crippen LogP contribution < -0.4 is 0 Å². The van der Waals surface area contributed by atoms with E-state index in [1.165, 1.54) is 11.3 Å². The van der Waals surface area contributed by atoms with Crippen LogP contribution in [0.1, 0.15) is 65.7 Å². The molecule has 0 aromatic carbocycles. The smallest absolute Gasteiger partial charge is 0.315 e. The summed E-state index contributed by atoms with van der Waals surface area (Å²) in [5, 5.41) is 1.94. The van der Waals surface area contributed by atoms with Crippen molar-refractivity contribution in [3.05, 3.63) is 45.4 Å². The first-order valence-corrected chi connectivity index (χ1v) is 9.35. The summed E-state index contributed by atoms with van der Waals surface area (Å²) in [7, 11) is 0. The third kappa shape index (κ3) is 3.18. The number of aryl methyl sites for hydroxylation is 1. The summed E-state index contributed by atoms with van der Waals surface area (Å²) in [6, 6.07) is 5.75. The van der Waals surface area contributed by atoms with Crippen LogP contribution in [0.25, 0.3) is 0 Å².